The predicted octanol–water partition coefficient (Wildman–Crippen LogP) is 5.19. The molecule has 1 atom stereocenters. The summed E-state index contributed by atoms with van der Waals surface area (Å²) in [7, 11) is 0. The first kappa shape index (κ1) is 14.7. The third-order valence-electron chi connectivity index (χ3n) is 3.79. The number of halogens is 1. The highest BCUT2D eigenvalue weighted by Gasteiger charge is 2.18. The van der Waals surface area contributed by atoms with Gasteiger partial charge in [0.05, 0.1) is 5.25 Å². The molecule has 1 nitrogen and oxygen atoms in total. The predicted molar refractivity (Wildman–Crippen MR) is 96.6 cm³/mol. The van der Waals surface area contributed by atoms with Gasteiger partial charge in [0.2, 0.25) is 0 Å². The van der Waals surface area contributed by atoms with Gasteiger partial charge in [-0.05, 0) is 30.0 Å². The van der Waals surface area contributed by atoms with Gasteiger partial charge in [-0.25, -0.2) is 0 Å². The third kappa shape index (κ3) is 3.19. The first-order valence-corrected chi connectivity index (χ1v) is 8.54. The second-order valence-electron chi connectivity index (χ2n) is 5.20. The molecule has 3 heteroatoms. The summed E-state index contributed by atoms with van der Waals surface area (Å²) in [6.45, 7) is 1.05. The summed E-state index contributed by atoms with van der Waals surface area (Å²) in [4.78, 5) is 0. The van der Waals surface area contributed by atoms with Crippen molar-refractivity contribution in [2.45, 2.75) is 18.1 Å². The maximum absolute atomic E-state index is 4.88. The molecule has 1 unspecified atom stereocenters. The first-order chi connectivity index (χ1) is 10.3. The fourth-order valence-corrected chi connectivity index (χ4v) is 3.83. The molecule has 2 aromatic rings. The van der Waals surface area contributed by atoms with E-state index in [1.165, 1.54) is 28.8 Å². The standard InChI is InChI=1S/C18H18BrNS/c19-16-10-4-3-9-15(16)18(21)14-8-2-1-7-13(14)17-11-5-6-12-20-17/h1-4,7-11,18,20-21H,5-6,12H2. The Morgan fingerprint density at radius 3 is 2.43 bits per heavy atom. The number of allylic oxidation sites excluding steroid dienone is 1. The van der Waals surface area contributed by atoms with Gasteiger partial charge in [-0.15, -0.1) is 0 Å². The summed E-state index contributed by atoms with van der Waals surface area (Å²) in [5.41, 5.74) is 4.94. The van der Waals surface area contributed by atoms with Crippen molar-refractivity contribution in [3.05, 3.63) is 75.8 Å². The van der Waals surface area contributed by atoms with Gasteiger partial charge in [-0.2, -0.15) is 12.6 Å². The van der Waals surface area contributed by atoms with Gasteiger partial charge in [0.25, 0.3) is 0 Å². The van der Waals surface area contributed by atoms with Crippen LogP contribution in [0.1, 0.15) is 34.8 Å². The van der Waals surface area contributed by atoms with Crippen LogP contribution in [0.2, 0.25) is 0 Å². The SMILES string of the molecule is SC(c1ccccc1Br)c1ccccc1C1=CCCCN1. The van der Waals surface area contributed by atoms with Gasteiger partial charge in [-0.3, -0.25) is 0 Å². The molecule has 0 amide bonds. The van der Waals surface area contributed by atoms with Gasteiger partial charge in [-0.1, -0.05) is 64.5 Å². The lowest BCUT2D eigenvalue weighted by atomic mass is 9.95. The summed E-state index contributed by atoms with van der Waals surface area (Å²) in [6.07, 6.45) is 4.64. The van der Waals surface area contributed by atoms with Crippen LogP contribution in [0.15, 0.2) is 59.1 Å². The highest BCUT2D eigenvalue weighted by Crippen LogP contribution is 2.36. The number of thiol groups is 1. The summed E-state index contributed by atoms with van der Waals surface area (Å²) in [6, 6.07) is 16.8. The maximum atomic E-state index is 4.88. The number of benzene rings is 2. The van der Waals surface area contributed by atoms with Crippen molar-refractivity contribution in [2.75, 3.05) is 6.54 Å². The molecule has 21 heavy (non-hydrogen) atoms. The molecule has 1 aliphatic heterocycles. The average Bonchev–Trinajstić information content (AvgIpc) is 2.55. The van der Waals surface area contributed by atoms with E-state index in [9.17, 15) is 0 Å². The zero-order valence-corrected chi connectivity index (χ0v) is 14.2. The van der Waals surface area contributed by atoms with Crippen LogP contribution in [0.25, 0.3) is 5.70 Å². The maximum Gasteiger partial charge on any atom is 0.0534 e. The third-order valence-corrected chi connectivity index (χ3v) is 5.07. The van der Waals surface area contributed by atoms with E-state index in [-0.39, 0.29) is 5.25 Å². The van der Waals surface area contributed by atoms with Crippen molar-refractivity contribution in [1.82, 2.24) is 5.32 Å². The molecule has 0 bridgehead atoms. The molecule has 0 spiro atoms. The van der Waals surface area contributed by atoms with Crippen LogP contribution in [0, 0.1) is 0 Å². The minimum atomic E-state index is 0.0569. The van der Waals surface area contributed by atoms with Gasteiger partial charge in [0.1, 0.15) is 0 Å². The number of nitrogens with one attached hydrogen (secondary N) is 1. The fraction of sp³-hybridized carbons (Fsp3) is 0.222. The minimum absolute atomic E-state index is 0.0569. The van der Waals surface area contributed by atoms with Crippen LogP contribution in [-0.2, 0) is 0 Å². The Morgan fingerprint density at radius 1 is 1.00 bits per heavy atom. The second-order valence-corrected chi connectivity index (χ2v) is 6.57. The topological polar surface area (TPSA) is 12.0 Å². The Bertz CT molecular complexity index is 666. The number of rotatable bonds is 3. The lowest BCUT2D eigenvalue weighted by Crippen LogP contribution is -2.18. The molecular formula is C18H18BrNS. The number of hydrogen-bond donors (Lipinski definition) is 2. The van der Waals surface area contributed by atoms with Crippen LogP contribution in [0.5, 0.6) is 0 Å². The summed E-state index contributed by atoms with van der Waals surface area (Å²) in [5, 5.41) is 3.57. The first-order valence-electron chi connectivity index (χ1n) is 7.23. The quantitative estimate of drug-likeness (QED) is 0.718. The molecule has 0 saturated heterocycles. The zero-order chi connectivity index (χ0) is 14.7. The lowest BCUT2D eigenvalue weighted by molar-refractivity contribution is 0.742. The summed E-state index contributed by atoms with van der Waals surface area (Å²) >= 11 is 8.52. The van der Waals surface area contributed by atoms with Gasteiger partial charge >= 0.3 is 0 Å². The molecule has 0 aliphatic carbocycles. The molecule has 1 heterocycles. The largest absolute Gasteiger partial charge is 0.385 e. The molecule has 3 rings (SSSR count). The van der Waals surface area contributed by atoms with Crippen molar-refractivity contribution in [2.24, 2.45) is 0 Å². The molecule has 108 valence electrons. The van der Waals surface area contributed by atoms with Crippen molar-refractivity contribution in [3.8, 4) is 0 Å². The minimum Gasteiger partial charge on any atom is -0.385 e. The Labute approximate surface area is 140 Å². The zero-order valence-electron chi connectivity index (χ0n) is 11.7. The molecule has 0 aromatic heterocycles. The van der Waals surface area contributed by atoms with Crippen LogP contribution in [0.4, 0.5) is 0 Å². The molecule has 2 aromatic carbocycles. The smallest absolute Gasteiger partial charge is 0.0534 e. The normalized spacial score (nSPS) is 16.0. The van der Waals surface area contributed by atoms with Gasteiger partial charge in [0, 0.05) is 22.3 Å². The van der Waals surface area contributed by atoms with Crippen molar-refractivity contribution in [3.63, 3.8) is 0 Å². The van der Waals surface area contributed by atoms with E-state index in [1.807, 2.05) is 6.07 Å². The molecule has 1 aliphatic rings. The van der Waals surface area contributed by atoms with Gasteiger partial charge in [0.15, 0.2) is 0 Å². The van der Waals surface area contributed by atoms with E-state index >= 15 is 0 Å². The lowest BCUT2D eigenvalue weighted by Gasteiger charge is -2.22. The van der Waals surface area contributed by atoms with Crippen LogP contribution in [0.3, 0.4) is 0 Å². The molecule has 1 N–H and O–H groups in total. The summed E-state index contributed by atoms with van der Waals surface area (Å²) in [5.74, 6) is 0. The Balaban J connectivity index is 2.03. The van der Waals surface area contributed by atoms with Crippen molar-refractivity contribution >= 4 is 34.3 Å². The van der Waals surface area contributed by atoms with Crippen LogP contribution < -0.4 is 5.32 Å². The molecule has 0 fully saturated rings. The van der Waals surface area contributed by atoms with E-state index in [4.69, 9.17) is 12.6 Å². The Hall–Kier alpha value is -1.19. The molecule has 0 saturated carbocycles. The van der Waals surface area contributed by atoms with E-state index < -0.39 is 0 Å². The molecule has 0 radical (unpaired) electrons. The van der Waals surface area contributed by atoms with Crippen LogP contribution in [-0.4, -0.2) is 6.54 Å². The van der Waals surface area contributed by atoms with E-state index in [1.54, 1.807) is 0 Å². The Kier molecular flexibility index (Phi) is 4.71. The molecular weight excluding hydrogens is 342 g/mol. The van der Waals surface area contributed by atoms with E-state index in [2.05, 4.69) is 69.8 Å². The van der Waals surface area contributed by atoms with Crippen LogP contribution >= 0.6 is 28.6 Å². The monoisotopic (exact) mass is 359 g/mol. The second kappa shape index (κ2) is 6.71. The fourth-order valence-electron chi connectivity index (χ4n) is 2.69. The summed E-state index contributed by atoms with van der Waals surface area (Å²) < 4.78 is 1.10. The van der Waals surface area contributed by atoms with E-state index in [0.717, 1.165) is 17.4 Å². The highest BCUT2D eigenvalue weighted by atomic mass is 79.9. The van der Waals surface area contributed by atoms with Crippen molar-refractivity contribution < 1.29 is 0 Å². The van der Waals surface area contributed by atoms with E-state index in [0.29, 0.717) is 0 Å². The van der Waals surface area contributed by atoms with Gasteiger partial charge < -0.3 is 5.32 Å². The average molecular weight is 360 g/mol. The highest BCUT2D eigenvalue weighted by molar-refractivity contribution is 9.10. The number of hydrogen-bond acceptors (Lipinski definition) is 2. The van der Waals surface area contributed by atoms with Crippen molar-refractivity contribution in [1.29, 1.82) is 0 Å². The Morgan fingerprint density at radius 2 is 1.71 bits per heavy atom.